The van der Waals surface area contributed by atoms with Gasteiger partial charge in [-0.05, 0) is 17.7 Å². The summed E-state index contributed by atoms with van der Waals surface area (Å²) in [5.74, 6) is -1.24. The first kappa shape index (κ1) is 12.4. The highest BCUT2D eigenvalue weighted by Crippen LogP contribution is 2.03. The monoisotopic (exact) mass is 223 g/mol. The topological polar surface area (TPSA) is 46.2 Å². The maximum absolute atomic E-state index is 12.6. The van der Waals surface area contributed by atoms with Crippen LogP contribution in [0, 0.1) is 11.7 Å². The average molecular weight is 223 g/mol. The van der Waals surface area contributed by atoms with Gasteiger partial charge in [0.05, 0.1) is 6.42 Å². The zero-order chi connectivity index (χ0) is 12.1. The highest BCUT2D eigenvalue weighted by atomic mass is 19.1. The molecule has 0 unspecified atom stereocenters. The summed E-state index contributed by atoms with van der Waals surface area (Å²) in [7, 11) is 0. The van der Waals surface area contributed by atoms with E-state index < -0.39 is 0 Å². The molecule has 0 radical (unpaired) electrons. The van der Waals surface area contributed by atoms with Gasteiger partial charge in [-0.2, -0.15) is 0 Å². The van der Waals surface area contributed by atoms with Gasteiger partial charge in [-0.15, -0.1) is 0 Å². The number of hydrogen-bond acceptors (Lipinski definition) is 2. The van der Waals surface area contributed by atoms with Crippen LogP contribution in [0.5, 0.6) is 0 Å². The van der Waals surface area contributed by atoms with Crippen LogP contribution in [0.4, 0.5) is 4.39 Å². The number of nitrogens with one attached hydrogen (secondary N) is 1. The van der Waals surface area contributed by atoms with E-state index in [9.17, 15) is 14.0 Å². The van der Waals surface area contributed by atoms with E-state index in [0.717, 1.165) is 0 Å². The Morgan fingerprint density at radius 2 is 1.81 bits per heavy atom. The molecule has 0 aliphatic rings. The fraction of sp³-hybridized carbons (Fsp3) is 0.333. The maximum Gasteiger partial charge on any atom is 0.230 e. The minimum absolute atomic E-state index is 0.0821. The molecule has 0 aromatic heterocycles. The van der Waals surface area contributed by atoms with E-state index in [1.54, 1.807) is 13.8 Å². The van der Waals surface area contributed by atoms with Gasteiger partial charge in [-0.1, -0.05) is 26.0 Å². The highest BCUT2D eigenvalue weighted by Gasteiger charge is 2.11. The third-order valence-corrected chi connectivity index (χ3v) is 2.06. The van der Waals surface area contributed by atoms with Gasteiger partial charge in [0.15, 0.2) is 0 Å². The van der Waals surface area contributed by atoms with E-state index in [0.29, 0.717) is 5.56 Å². The van der Waals surface area contributed by atoms with Gasteiger partial charge in [-0.3, -0.25) is 14.9 Å². The van der Waals surface area contributed by atoms with Crippen LogP contribution in [0.2, 0.25) is 0 Å². The third kappa shape index (κ3) is 3.81. The van der Waals surface area contributed by atoms with Crippen molar-refractivity contribution in [2.24, 2.45) is 5.92 Å². The largest absolute Gasteiger partial charge is 0.296 e. The minimum Gasteiger partial charge on any atom is -0.296 e. The van der Waals surface area contributed by atoms with Gasteiger partial charge < -0.3 is 0 Å². The van der Waals surface area contributed by atoms with Crippen molar-refractivity contribution < 1.29 is 14.0 Å². The number of carbonyl (C=O) groups excluding carboxylic acids is 2. The first-order valence-corrected chi connectivity index (χ1v) is 5.07. The Balaban J connectivity index is 2.52. The Kier molecular flexibility index (Phi) is 4.17. The zero-order valence-corrected chi connectivity index (χ0v) is 9.29. The minimum atomic E-state index is -0.370. The second-order valence-corrected chi connectivity index (χ2v) is 3.87. The van der Waals surface area contributed by atoms with Crippen molar-refractivity contribution >= 4 is 11.8 Å². The first-order chi connectivity index (χ1) is 7.49. The lowest BCUT2D eigenvalue weighted by Gasteiger charge is -2.06. The summed E-state index contributed by atoms with van der Waals surface area (Å²) in [6, 6.07) is 5.61. The molecule has 0 spiro atoms. The number of benzene rings is 1. The molecule has 0 bridgehead atoms. The van der Waals surface area contributed by atoms with Crippen LogP contribution in [0.15, 0.2) is 24.3 Å². The van der Waals surface area contributed by atoms with E-state index in [1.165, 1.54) is 24.3 Å². The molecule has 86 valence electrons. The molecule has 2 amide bonds. The summed E-state index contributed by atoms with van der Waals surface area (Å²) in [5.41, 5.74) is 0.676. The Morgan fingerprint density at radius 1 is 1.25 bits per heavy atom. The predicted octanol–water partition coefficient (Wildman–Crippen LogP) is 1.67. The van der Waals surface area contributed by atoms with Crippen molar-refractivity contribution in [3.63, 3.8) is 0 Å². The fourth-order valence-corrected chi connectivity index (χ4v) is 1.11. The molecule has 0 fully saturated rings. The van der Waals surface area contributed by atoms with Crippen LogP contribution in [0.1, 0.15) is 19.4 Å². The summed E-state index contributed by atoms with van der Waals surface area (Å²) < 4.78 is 12.6. The lowest BCUT2D eigenvalue weighted by molar-refractivity contribution is -0.131. The van der Waals surface area contributed by atoms with Gasteiger partial charge >= 0.3 is 0 Å². The van der Waals surface area contributed by atoms with Crippen molar-refractivity contribution in [3.8, 4) is 0 Å². The van der Waals surface area contributed by atoms with Crippen molar-refractivity contribution in [3.05, 3.63) is 35.6 Å². The molecule has 1 aromatic carbocycles. The maximum atomic E-state index is 12.6. The summed E-state index contributed by atoms with van der Waals surface area (Å²) in [4.78, 5) is 22.6. The van der Waals surface area contributed by atoms with Crippen LogP contribution in [-0.2, 0) is 16.0 Å². The molecule has 0 heterocycles. The highest BCUT2D eigenvalue weighted by molar-refractivity contribution is 5.96. The molecular formula is C12H14FNO2. The molecule has 0 aliphatic heterocycles. The molecule has 0 aliphatic carbocycles. The number of rotatable bonds is 3. The van der Waals surface area contributed by atoms with E-state index in [2.05, 4.69) is 5.32 Å². The molecular weight excluding hydrogens is 209 g/mol. The SMILES string of the molecule is CC(C)C(=O)NC(=O)Cc1ccc(F)cc1. The molecule has 1 N–H and O–H groups in total. The van der Waals surface area contributed by atoms with Crippen molar-refractivity contribution in [1.29, 1.82) is 0 Å². The van der Waals surface area contributed by atoms with Crippen LogP contribution in [-0.4, -0.2) is 11.8 Å². The molecule has 0 saturated heterocycles. The Morgan fingerprint density at radius 3 is 2.31 bits per heavy atom. The van der Waals surface area contributed by atoms with Crippen molar-refractivity contribution in [2.75, 3.05) is 0 Å². The Bertz CT molecular complexity index is 385. The van der Waals surface area contributed by atoms with Gasteiger partial charge in [0.2, 0.25) is 11.8 Å². The molecule has 0 atom stereocenters. The van der Waals surface area contributed by atoms with E-state index in [-0.39, 0.29) is 30.0 Å². The standard InChI is InChI=1S/C12H14FNO2/c1-8(2)12(16)14-11(15)7-9-3-5-10(13)6-4-9/h3-6,8H,7H2,1-2H3,(H,14,15,16). The van der Waals surface area contributed by atoms with Crippen molar-refractivity contribution in [2.45, 2.75) is 20.3 Å². The summed E-state index contributed by atoms with van der Waals surface area (Å²) >= 11 is 0. The quantitative estimate of drug-likeness (QED) is 0.847. The average Bonchev–Trinajstić information content (AvgIpc) is 2.21. The number of amides is 2. The van der Waals surface area contributed by atoms with Gasteiger partial charge in [0.1, 0.15) is 5.82 Å². The van der Waals surface area contributed by atoms with Crippen LogP contribution < -0.4 is 5.32 Å². The summed E-state index contributed by atoms with van der Waals surface area (Å²) in [6.45, 7) is 3.42. The van der Waals surface area contributed by atoms with Gasteiger partial charge in [0.25, 0.3) is 0 Å². The van der Waals surface area contributed by atoms with Crippen molar-refractivity contribution in [1.82, 2.24) is 5.32 Å². The van der Waals surface area contributed by atoms with E-state index >= 15 is 0 Å². The third-order valence-electron chi connectivity index (χ3n) is 2.06. The second-order valence-electron chi connectivity index (χ2n) is 3.87. The number of hydrogen-bond donors (Lipinski definition) is 1. The van der Waals surface area contributed by atoms with Crippen LogP contribution in [0.25, 0.3) is 0 Å². The molecule has 0 saturated carbocycles. The fourth-order valence-electron chi connectivity index (χ4n) is 1.11. The first-order valence-electron chi connectivity index (χ1n) is 5.07. The van der Waals surface area contributed by atoms with Gasteiger partial charge in [0, 0.05) is 5.92 Å². The Hall–Kier alpha value is -1.71. The van der Waals surface area contributed by atoms with E-state index in [4.69, 9.17) is 0 Å². The van der Waals surface area contributed by atoms with E-state index in [1.807, 2.05) is 0 Å². The molecule has 1 aromatic rings. The number of halogens is 1. The summed E-state index contributed by atoms with van der Waals surface area (Å²) in [5, 5.41) is 2.27. The second kappa shape index (κ2) is 5.39. The molecule has 1 rings (SSSR count). The normalized spacial score (nSPS) is 10.2. The van der Waals surface area contributed by atoms with Crippen LogP contribution >= 0.6 is 0 Å². The lowest BCUT2D eigenvalue weighted by atomic mass is 10.1. The number of carbonyl (C=O) groups is 2. The number of imide groups is 1. The van der Waals surface area contributed by atoms with Crippen LogP contribution in [0.3, 0.4) is 0 Å². The smallest absolute Gasteiger partial charge is 0.230 e. The molecule has 16 heavy (non-hydrogen) atoms. The Labute approximate surface area is 93.7 Å². The summed E-state index contributed by atoms with van der Waals surface area (Å²) in [6.07, 6.45) is 0.0821. The predicted molar refractivity (Wildman–Crippen MR) is 58.1 cm³/mol. The molecule has 4 heteroatoms. The van der Waals surface area contributed by atoms with Gasteiger partial charge in [-0.25, -0.2) is 4.39 Å². The lowest BCUT2D eigenvalue weighted by Crippen LogP contribution is -2.34. The molecule has 3 nitrogen and oxygen atoms in total. The zero-order valence-electron chi connectivity index (χ0n) is 9.29.